The SMILES string of the molecule is CC[C@H](c1nnc(S[C@@H](C)C(=O)NC2CCCC2)n1Cc1ccccc1)N(C)C. The number of rotatable bonds is 9. The monoisotopic (exact) mass is 415 g/mol. The van der Waals surface area contributed by atoms with Crippen LogP contribution in [0.5, 0.6) is 0 Å². The van der Waals surface area contributed by atoms with Crippen LogP contribution in [0.3, 0.4) is 0 Å². The second-order valence-electron chi connectivity index (χ2n) is 8.05. The first kappa shape index (κ1) is 21.8. The molecule has 0 aliphatic heterocycles. The summed E-state index contributed by atoms with van der Waals surface area (Å²) in [4.78, 5) is 14.9. The Morgan fingerprint density at radius 1 is 1.24 bits per heavy atom. The Morgan fingerprint density at radius 2 is 1.93 bits per heavy atom. The summed E-state index contributed by atoms with van der Waals surface area (Å²) < 4.78 is 2.17. The maximum absolute atomic E-state index is 12.7. The van der Waals surface area contributed by atoms with Gasteiger partial charge in [0.15, 0.2) is 11.0 Å². The second kappa shape index (κ2) is 10.3. The number of amides is 1. The molecule has 0 radical (unpaired) electrons. The largest absolute Gasteiger partial charge is 0.352 e. The van der Waals surface area contributed by atoms with E-state index in [2.05, 4.69) is 58.1 Å². The molecule has 1 aromatic heterocycles. The molecule has 0 saturated heterocycles. The van der Waals surface area contributed by atoms with Gasteiger partial charge in [0, 0.05) is 6.04 Å². The molecule has 6 nitrogen and oxygen atoms in total. The first-order valence-electron chi connectivity index (χ1n) is 10.6. The summed E-state index contributed by atoms with van der Waals surface area (Å²) in [5.74, 6) is 1.05. The van der Waals surface area contributed by atoms with Gasteiger partial charge in [0.2, 0.25) is 5.91 Å². The quantitative estimate of drug-likeness (QED) is 0.630. The van der Waals surface area contributed by atoms with E-state index in [9.17, 15) is 4.79 Å². The van der Waals surface area contributed by atoms with Gasteiger partial charge in [-0.1, -0.05) is 61.9 Å². The normalized spacial score (nSPS) is 16.9. The molecule has 1 saturated carbocycles. The molecule has 1 fully saturated rings. The predicted molar refractivity (Wildman–Crippen MR) is 118 cm³/mol. The zero-order valence-corrected chi connectivity index (χ0v) is 18.8. The van der Waals surface area contributed by atoms with Gasteiger partial charge in [0.25, 0.3) is 0 Å². The van der Waals surface area contributed by atoms with Gasteiger partial charge in [-0.3, -0.25) is 9.69 Å². The van der Waals surface area contributed by atoms with Crippen molar-refractivity contribution in [3.8, 4) is 0 Å². The average molecular weight is 416 g/mol. The van der Waals surface area contributed by atoms with Crippen molar-refractivity contribution in [3.05, 3.63) is 41.7 Å². The molecule has 3 rings (SSSR count). The molecule has 1 heterocycles. The standard InChI is InChI=1S/C22H33N5OS/c1-5-19(26(3)4)20-24-25-22(27(20)15-17-11-7-6-8-12-17)29-16(2)21(28)23-18-13-9-10-14-18/h6-8,11-12,16,18-19H,5,9-10,13-15H2,1-4H3,(H,23,28)/t16-,19+/m0/s1. The van der Waals surface area contributed by atoms with Crippen LogP contribution >= 0.6 is 11.8 Å². The van der Waals surface area contributed by atoms with E-state index in [0.717, 1.165) is 30.2 Å². The van der Waals surface area contributed by atoms with Gasteiger partial charge in [-0.2, -0.15) is 0 Å². The van der Waals surface area contributed by atoms with Gasteiger partial charge in [-0.15, -0.1) is 10.2 Å². The number of nitrogens with one attached hydrogen (secondary N) is 1. The Kier molecular flexibility index (Phi) is 7.72. The third-order valence-electron chi connectivity index (χ3n) is 5.59. The van der Waals surface area contributed by atoms with E-state index >= 15 is 0 Å². The average Bonchev–Trinajstić information content (AvgIpc) is 3.34. The lowest BCUT2D eigenvalue weighted by Crippen LogP contribution is -2.37. The minimum absolute atomic E-state index is 0.0948. The van der Waals surface area contributed by atoms with Crippen LogP contribution in [0.2, 0.25) is 0 Å². The Balaban J connectivity index is 1.81. The zero-order chi connectivity index (χ0) is 20.8. The van der Waals surface area contributed by atoms with Crippen molar-refractivity contribution in [2.24, 2.45) is 0 Å². The molecule has 0 spiro atoms. The minimum Gasteiger partial charge on any atom is -0.352 e. The van der Waals surface area contributed by atoms with Crippen molar-refractivity contribution in [1.29, 1.82) is 0 Å². The van der Waals surface area contributed by atoms with Crippen molar-refractivity contribution in [3.63, 3.8) is 0 Å². The van der Waals surface area contributed by atoms with Crippen LogP contribution in [0.15, 0.2) is 35.5 Å². The number of nitrogens with zero attached hydrogens (tertiary/aromatic N) is 4. The third-order valence-corrected chi connectivity index (χ3v) is 6.67. The molecular weight excluding hydrogens is 382 g/mol. The Morgan fingerprint density at radius 3 is 2.55 bits per heavy atom. The molecule has 0 unspecified atom stereocenters. The lowest BCUT2D eigenvalue weighted by molar-refractivity contribution is -0.120. The van der Waals surface area contributed by atoms with Gasteiger partial charge in [0.1, 0.15) is 0 Å². The number of aromatic nitrogens is 3. The van der Waals surface area contributed by atoms with Gasteiger partial charge in [-0.05, 0) is 45.8 Å². The first-order valence-corrected chi connectivity index (χ1v) is 11.5. The summed E-state index contributed by atoms with van der Waals surface area (Å²) in [6.45, 7) is 4.82. The number of thioether (sulfide) groups is 1. The van der Waals surface area contributed by atoms with Crippen molar-refractivity contribution in [2.45, 2.75) is 75.0 Å². The van der Waals surface area contributed by atoms with Crippen LogP contribution in [0.4, 0.5) is 0 Å². The maximum atomic E-state index is 12.7. The second-order valence-corrected chi connectivity index (χ2v) is 9.36. The van der Waals surface area contributed by atoms with Gasteiger partial charge >= 0.3 is 0 Å². The first-order chi connectivity index (χ1) is 14.0. The molecule has 7 heteroatoms. The topological polar surface area (TPSA) is 63.1 Å². The third kappa shape index (κ3) is 5.60. The Labute approximate surface area is 178 Å². The van der Waals surface area contributed by atoms with E-state index in [1.165, 1.54) is 30.2 Å². The van der Waals surface area contributed by atoms with Crippen molar-refractivity contribution in [1.82, 2.24) is 25.0 Å². The summed E-state index contributed by atoms with van der Waals surface area (Å²) >= 11 is 1.50. The van der Waals surface area contributed by atoms with E-state index in [0.29, 0.717) is 12.6 Å². The molecule has 0 bridgehead atoms. The molecule has 1 N–H and O–H groups in total. The van der Waals surface area contributed by atoms with Crippen LogP contribution in [0.1, 0.15) is 63.4 Å². The van der Waals surface area contributed by atoms with E-state index in [-0.39, 0.29) is 17.2 Å². The van der Waals surface area contributed by atoms with Gasteiger partial charge < -0.3 is 9.88 Å². The molecule has 158 valence electrons. The van der Waals surface area contributed by atoms with Crippen molar-refractivity contribution < 1.29 is 4.79 Å². The van der Waals surface area contributed by atoms with E-state index in [1.54, 1.807) is 0 Å². The van der Waals surface area contributed by atoms with Gasteiger partial charge in [0.05, 0.1) is 17.8 Å². The predicted octanol–water partition coefficient (Wildman–Crippen LogP) is 3.88. The molecular formula is C22H33N5OS. The van der Waals surface area contributed by atoms with Gasteiger partial charge in [-0.25, -0.2) is 0 Å². The fourth-order valence-corrected chi connectivity index (χ4v) is 4.79. The highest BCUT2D eigenvalue weighted by Gasteiger charge is 2.26. The van der Waals surface area contributed by atoms with Crippen molar-refractivity contribution >= 4 is 17.7 Å². The van der Waals surface area contributed by atoms with E-state index in [4.69, 9.17) is 0 Å². The molecule has 1 aromatic carbocycles. The lowest BCUT2D eigenvalue weighted by atomic mass is 10.2. The van der Waals surface area contributed by atoms with Crippen molar-refractivity contribution in [2.75, 3.05) is 14.1 Å². The smallest absolute Gasteiger partial charge is 0.233 e. The molecule has 1 amide bonds. The van der Waals surface area contributed by atoms with E-state index < -0.39 is 0 Å². The van der Waals surface area contributed by atoms with Crippen LogP contribution in [0, 0.1) is 0 Å². The highest BCUT2D eigenvalue weighted by atomic mass is 32.2. The van der Waals surface area contributed by atoms with E-state index in [1.807, 2.05) is 25.1 Å². The summed E-state index contributed by atoms with van der Waals surface area (Å²) in [7, 11) is 4.14. The summed E-state index contributed by atoms with van der Waals surface area (Å²) in [5.41, 5.74) is 1.20. The summed E-state index contributed by atoms with van der Waals surface area (Å²) in [6.07, 6.45) is 5.56. The maximum Gasteiger partial charge on any atom is 0.233 e. The number of hydrogen-bond acceptors (Lipinski definition) is 5. The molecule has 2 atom stereocenters. The summed E-state index contributed by atoms with van der Waals surface area (Å²) in [6, 6.07) is 10.9. The number of hydrogen-bond donors (Lipinski definition) is 1. The molecule has 1 aliphatic rings. The van der Waals surface area contributed by atoms with Crippen LogP contribution in [-0.2, 0) is 11.3 Å². The Bertz CT molecular complexity index is 786. The molecule has 29 heavy (non-hydrogen) atoms. The fraction of sp³-hybridized carbons (Fsp3) is 0.591. The number of carbonyl (C=O) groups is 1. The van der Waals surface area contributed by atoms with Crippen LogP contribution < -0.4 is 5.32 Å². The number of benzene rings is 1. The lowest BCUT2D eigenvalue weighted by Gasteiger charge is -2.23. The molecule has 1 aliphatic carbocycles. The Hall–Kier alpha value is -1.86. The fourth-order valence-electron chi connectivity index (χ4n) is 3.93. The number of carbonyl (C=O) groups excluding carboxylic acids is 1. The summed E-state index contributed by atoms with van der Waals surface area (Å²) in [5, 5.41) is 12.8. The zero-order valence-electron chi connectivity index (χ0n) is 18.0. The van der Waals surface area contributed by atoms with Crippen LogP contribution in [-0.4, -0.2) is 51.0 Å². The highest BCUT2D eigenvalue weighted by molar-refractivity contribution is 8.00. The van der Waals surface area contributed by atoms with Crippen LogP contribution in [0.25, 0.3) is 0 Å². The molecule has 2 aromatic rings. The highest BCUT2D eigenvalue weighted by Crippen LogP contribution is 2.29. The minimum atomic E-state index is -0.207.